The van der Waals surface area contributed by atoms with Gasteiger partial charge in [-0.05, 0) is 36.6 Å². The van der Waals surface area contributed by atoms with E-state index in [0.717, 1.165) is 48.7 Å². The fraction of sp³-hybridized carbons (Fsp3) is 0.400. The van der Waals surface area contributed by atoms with Crippen molar-refractivity contribution in [3.8, 4) is 5.75 Å². The van der Waals surface area contributed by atoms with Crippen LogP contribution in [0.15, 0.2) is 35.1 Å². The number of piperidine rings is 3. The zero-order chi connectivity index (χ0) is 13.2. The van der Waals surface area contributed by atoms with Gasteiger partial charge >= 0.3 is 0 Å². The Bertz CT molecular complexity index is 511. The monoisotopic (exact) mass is 258 g/mol. The normalized spacial score (nSPS) is 23.3. The van der Waals surface area contributed by atoms with Crippen LogP contribution in [0.3, 0.4) is 0 Å². The van der Waals surface area contributed by atoms with Crippen LogP contribution in [0.25, 0.3) is 6.08 Å². The SMILES string of the molecule is COc1ccc(/C=C2\C(=N/O)C3CCN2CC3)cc1. The van der Waals surface area contributed by atoms with E-state index >= 15 is 0 Å². The Morgan fingerprint density at radius 3 is 2.53 bits per heavy atom. The zero-order valence-corrected chi connectivity index (χ0v) is 11.0. The van der Waals surface area contributed by atoms with Crippen LogP contribution in [0.2, 0.25) is 0 Å². The fourth-order valence-electron chi connectivity index (χ4n) is 2.92. The van der Waals surface area contributed by atoms with Gasteiger partial charge in [0, 0.05) is 19.0 Å². The molecule has 19 heavy (non-hydrogen) atoms. The number of hydrogen-bond acceptors (Lipinski definition) is 4. The number of hydrogen-bond donors (Lipinski definition) is 1. The van der Waals surface area contributed by atoms with Crippen molar-refractivity contribution in [1.82, 2.24) is 4.90 Å². The van der Waals surface area contributed by atoms with Crippen molar-refractivity contribution in [3.63, 3.8) is 0 Å². The maximum absolute atomic E-state index is 9.24. The number of rotatable bonds is 2. The summed E-state index contributed by atoms with van der Waals surface area (Å²) in [6.07, 6.45) is 4.29. The van der Waals surface area contributed by atoms with Gasteiger partial charge in [0.1, 0.15) is 11.5 Å². The van der Waals surface area contributed by atoms with Crippen molar-refractivity contribution in [3.05, 3.63) is 35.5 Å². The third-order valence-corrected chi connectivity index (χ3v) is 4.01. The molecule has 1 aromatic carbocycles. The first kappa shape index (κ1) is 12.1. The fourth-order valence-corrected chi connectivity index (χ4v) is 2.92. The number of allylic oxidation sites excluding steroid dienone is 1. The van der Waals surface area contributed by atoms with Crippen molar-refractivity contribution in [2.24, 2.45) is 11.1 Å². The van der Waals surface area contributed by atoms with Crippen LogP contribution >= 0.6 is 0 Å². The lowest BCUT2D eigenvalue weighted by molar-refractivity contribution is 0.229. The van der Waals surface area contributed by atoms with Gasteiger partial charge in [-0.2, -0.15) is 0 Å². The molecule has 100 valence electrons. The first-order chi connectivity index (χ1) is 9.31. The lowest BCUT2D eigenvalue weighted by atomic mass is 9.83. The standard InChI is InChI=1S/C15H18N2O2/c1-19-13-4-2-11(3-5-13)10-14-15(16-18)12-6-8-17(14)9-7-12/h2-5,10,12,18H,6-9H2,1H3/b14-10+,16-15-. The van der Waals surface area contributed by atoms with Crippen molar-refractivity contribution < 1.29 is 9.94 Å². The van der Waals surface area contributed by atoms with Crippen molar-refractivity contribution in [1.29, 1.82) is 0 Å². The quantitative estimate of drug-likeness (QED) is 0.655. The average Bonchev–Trinajstić information content (AvgIpc) is 2.49. The van der Waals surface area contributed by atoms with Gasteiger partial charge in [0.15, 0.2) is 0 Å². The molecule has 4 heteroatoms. The van der Waals surface area contributed by atoms with Crippen molar-refractivity contribution >= 4 is 11.8 Å². The van der Waals surface area contributed by atoms with E-state index in [0.29, 0.717) is 5.92 Å². The molecule has 0 saturated carbocycles. The Labute approximate surface area is 113 Å². The maximum Gasteiger partial charge on any atom is 0.118 e. The van der Waals surface area contributed by atoms with Crippen molar-refractivity contribution in [2.45, 2.75) is 12.8 Å². The lowest BCUT2D eigenvalue weighted by Crippen LogP contribution is -2.46. The number of nitrogens with zero attached hydrogens (tertiary/aromatic N) is 2. The summed E-state index contributed by atoms with van der Waals surface area (Å²) in [6, 6.07) is 7.92. The second-order valence-electron chi connectivity index (χ2n) is 5.05. The molecule has 3 saturated heterocycles. The molecule has 0 aliphatic carbocycles. The van der Waals surface area contributed by atoms with E-state index in [1.54, 1.807) is 7.11 Å². The highest BCUT2D eigenvalue weighted by Gasteiger charge is 2.35. The maximum atomic E-state index is 9.24. The van der Waals surface area contributed by atoms with E-state index in [-0.39, 0.29) is 0 Å². The van der Waals surface area contributed by atoms with Crippen LogP contribution in [0.5, 0.6) is 5.75 Å². The third kappa shape index (κ3) is 2.18. The molecule has 1 aromatic rings. The Hall–Kier alpha value is -1.97. The number of oxime groups is 1. The van der Waals surface area contributed by atoms with E-state index in [1.165, 1.54) is 0 Å². The second-order valence-corrected chi connectivity index (χ2v) is 5.05. The Morgan fingerprint density at radius 1 is 1.26 bits per heavy atom. The lowest BCUT2D eigenvalue weighted by Gasteiger charge is -2.42. The van der Waals surface area contributed by atoms with Crippen molar-refractivity contribution in [2.75, 3.05) is 20.2 Å². The van der Waals surface area contributed by atoms with E-state index in [2.05, 4.69) is 16.1 Å². The minimum atomic E-state index is 0.416. The minimum absolute atomic E-state index is 0.416. The largest absolute Gasteiger partial charge is 0.497 e. The average molecular weight is 258 g/mol. The smallest absolute Gasteiger partial charge is 0.118 e. The molecule has 4 nitrogen and oxygen atoms in total. The summed E-state index contributed by atoms with van der Waals surface area (Å²) in [4.78, 5) is 2.30. The van der Waals surface area contributed by atoms with Crippen LogP contribution in [0, 0.1) is 5.92 Å². The summed E-state index contributed by atoms with van der Waals surface area (Å²) in [7, 11) is 1.66. The third-order valence-electron chi connectivity index (χ3n) is 4.01. The highest BCUT2D eigenvalue weighted by molar-refractivity contribution is 6.05. The number of fused-ring (bicyclic) bond motifs is 3. The molecule has 0 unspecified atom stereocenters. The summed E-state index contributed by atoms with van der Waals surface area (Å²) in [5.74, 6) is 1.27. The summed E-state index contributed by atoms with van der Waals surface area (Å²) in [6.45, 7) is 2.12. The van der Waals surface area contributed by atoms with Crippen LogP contribution in [0.4, 0.5) is 0 Å². The molecule has 2 bridgehead atoms. The van der Waals surface area contributed by atoms with Crippen LogP contribution in [-0.2, 0) is 0 Å². The van der Waals surface area contributed by atoms with Crippen LogP contribution in [-0.4, -0.2) is 36.0 Å². The molecule has 3 fully saturated rings. The number of benzene rings is 1. The van der Waals surface area contributed by atoms with Gasteiger partial charge in [0.25, 0.3) is 0 Å². The zero-order valence-electron chi connectivity index (χ0n) is 11.0. The van der Waals surface area contributed by atoms with Crippen LogP contribution in [0.1, 0.15) is 18.4 Å². The topological polar surface area (TPSA) is 45.1 Å². The van der Waals surface area contributed by atoms with Gasteiger partial charge in [0.05, 0.1) is 12.8 Å². The highest BCUT2D eigenvalue weighted by atomic mass is 16.5. The van der Waals surface area contributed by atoms with Gasteiger partial charge in [-0.3, -0.25) is 0 Å². The summed E-state index contributed by atoms with van der Waals surface area (Å²) in [5, 5.41) is 12.8. The summed E-state index contributed by atoms with van der Waals surface area (Å²) < 4.78 is 5.16. The number of methoxy groups -OCH3 is 1. The molecule has 0 aromatic heterocycles. The predicted octanol–water partition coefficient (Wildman–Crippen LogP) is 2.59. The van der Waals surface area contributed by atoms with E-state index in [4.69, 9.17) is 4.74 Å². The van der Waals surface area contributed by atoms with Gasteiger partial charge in [-0.1, -0.05) is 17.3 Å². The Morgan fingerprint density at radius 2 is 1.95 bits per heavy atom. The molecule has 3 heterocycles. The van der Waals surface area contributed by atoms with E-state index in [9.17, 15) is 5.21 Å². The molecular weight excluding hydrogens is 240 g/mol. The highest BCUT2D eigenvalue weighted by Crippen LogP contribution is 2.33. The van der Waals surface area contributed by atoms with E-state index in [1.807, 2.05) is 24.3 Å². The molecule has 1 N–H and O–H groups in total. The second kappa shape index (κ2) is 4.96. The Balaban J connectivity index is 1.92. The molecular formula is C15H18N2O2. The molecule has 0 amide bonds. The molecule has 0 spiro atoms. The van der Waals surface area contributed by atoms with E-state index < -0.39 is 0 Å². The molecule has 4 rings (SSSR count). The minimum Gasteiger partial charge on any atom is -0.497 e. The first-order valence-electron chi connectivity index (χ1n) is 6.65. The van der Waals surface area contributed by atoms with Gasteiger partial charge in [-0.25, -0.2) is 0 Å². The molecule has 0 atom stereocenters. The Kier molecular flexibility index (Phi) is 3.15. The summed E-state index contributed by atoms with van der Waals surface area (Å²) >= 11 is 0. The van der Waals surface area contributed by atoms with Gasteiger partial charge in [0.2, 0.25) is 0 Å². The van der Waals surface area contributed by atoms with Crippen LogP contribution < -0.4 is 4.74 Å². The first-order valence-corrected chi connectivity index (χ1v) is 6.65. The molecule has 0 radical (unpaired) electrons. The predicted molar refractivity (Wildman–Crippen MR) is 74.5 cm³/mol. The van der Waals surface area contributed by atoms with Gasteiger partial charge in [-0.15, -0.1) is 0 Å². The number of ether oxygens (including phenoxy) is 1. The molecule has 3 aliphatic heterocycles. The summed E-state index contributed by atoms with van der Waals surface area (Å²) in [5.41, 5.74) is 3.01. The van der Waals surface area contributed by atoms with Gasteiger partial charge < -0.3 is 14.8 Å². The molecule has 3 aliphatic rings.